The summed E-state index contributed by atoms with van der Waals surface area (Å²) in [7, 11) is 1.99. The molecule has 6 nitrogen and oxygen atoms in total. The van der Waals surface area contributed by atoms with E-state index in [0.717, 1.165) is 28.3 Å². The van der Waals surface area contributed by atoms with Crippen LogP contribution in [-0.2, 0) is 0 Å². The number of aromatic carboxylic acids is 1. The lowest BCUT2D eigenvalue weighted by molar-refractivity contribution is 0.0697. The number of hydrogen-bond donors (Lipinski definition) is 2. The molecule has 0 bridgehead atoms. The molecule has 148 valence electrons. The third kappa shape index (κ3) is 3.27. The largest absolute Gasteiger partial charge is 0.478 e. The van der Waals surface area contributed by atoms with E-state index < -0.39 is 5.97 Å². The van der Waals surface area contributed by atoms with E-state index in [0.29, 0.717) is 5.11 Å². The summed E-state index contributed by atoms with van der Waals surface area (Å²) >= 11 is 5.53. The maximum atomic E-state index is 11.4. The Hall–Kier alpha value is -3.19. The van der Waals surface area contributed by atoms with Gasteiger partial charge in [-0.1, -0.05) is 12.1 Å². The van der Waals surface area contributed by atoms with Gasteiger partial charge in [-0.3, -0.25) is 4.98 Å². The molecule has 1 saturated heterocycles. The first kappa shape index (κ1) is 19.1. The number of likely N-dealkylation sites (N-methyl/N-ethyl adjacent to an activating group) is 1. The number of aromatic nitrogens is 2. The lowest BCUT2D eigenvalue weighted by Crippen LogP contribution is -2.25. The van der Waals surface area contributed by atoms with Gasteiger partial charge in [0.2, 0.25) is 0 Å². The Kier molecular flexibility index (Phi) is 4.84. The highest BCUT2D eigenvalue weighted by atomic mass is 32.1. The van der Waals surface area contributed by atoms with Gasteiger partial charge in [0.1, 0.15) is 0 Å². The molecule has 2 atom stereocenters. The third-order valence-corrected chi connectivity index (χ3v) is 5.88. The van der Waals surface area contributed by atoms with Crippen molar-refractivity contribution in [3.63, 3.8) is 0 Å². The summed E-state index contributed by atoms with van der Waals surface area (Å²) in [6.07, 6.45) is 1.79. The van der Waals surface area contributed by atoms with Crippen LogP contribution in [0.5, 0.6) is 0 Å². The average Bonchev–Trinajstić information content (AvgIpc) is 3.17. The number of carboxylic acid groups (broad SMARTS) is 1. The molecule has 1 aromatic carbocycles. The highest BCUT2D eigenvalue weighted by Gasteiger charge is 2.39. The lowest BCUT2D eigenvalue weighted by atomic mass is 9.97. The number of carboxylic acids is 1. The Labute approximate surface area is 174 Å². The second kappa shape index (κ2) is 7.33. The van der Waals surface area contributed by atoms with Crippen LogP contribution in [0.3, 0.4) is 0 Å². The summed E-state index contributed by atoms with van der Waals surface area (Å²) in [5.41, 5.74) is 5.25. The van der Waals surface area contributed by atoms with Crippen LogP contribution in [0.25, 0.3) is 5.69 Å². The molecule has 4 rings (SSSR count). The molecule has 3 heterocycles. The fourth-order valence-electron chi connectivity index (χ4n) is 4.11. The van der Waals surface area contributed by atoms with Gasteiger partial charge in [0.15, 0.2) is 5.11 Å². The minimum absolute atomic E-state index is 0.0139. The Morgan fingerprint density at radius 3 is 2.66 bits per heavy atom. The normalized spacial score (nSPS) is 18.7. The van der Waals surface area contributed by atoms with Gasteiger partial charge >= 0.3 is 5.97 Å². The van der Waals surface area contributed by atoms with Crippen LogP contribution in [0.2, 0.25) is 0 Å². The average molecular weight is 407 g/mol. The first-order valence-corrected chi connectivity index (χ1v) is 9.76. The first-order valence-electron chi connectivity index (χ1n) is 9.35. The standard InChI is InChI=1S/C22H22N4O2S/c1-13-11-17(14(2)26(13)16-8-6-7-15(12-16)21(27)28)20-19(24-22(29)25(20)3)18-9-4-5-10-23-18/h4-12,19-20H,1-3H3,(H,24,29)(H,27,28)/t19-,20+/m0/s1. The van der Waals surface area contributed by atoms with Gasteiger partial charge in [0, 0.05) is 30.3 Å². The van der Waals surface area contributed by atoms with Gasteiger partial charge in [0.25, 0.3) is 0 Å². The predicted molar refractivity (Wildman–Crippen MR) is 115 cm³/mol. The highest BCUT2D eigenvalue weighted by molar-refractivity contribution is 7.80. The Morgan fingerprint density at radius 1 is 1.17 bits per heavy atom. The molecule has 0 radical (unpaired) electrons. The second-order valence-electron chi connectivity index (χ2n) is 7.25. The summed E-state index contributed by atoms with van der Waals surface area (Å²) in [4.78, 5) is 18.0. The number of hydrogen-bond acceptors (Lipinski definition) is 3. The summed E-state index contributed by atoms with van der Waals surface area (Å²) < 4.78 is 2.09. The van der Waals surface area contributed by atoms with Gasteiger partial charge < -0.3 is 19.9 Å². The first-order chi connectivity index (χ1) is 13.9. The van der Waals surface area contributed by atoms with Crippen molar-refractivity contribution in [2.24, 2.45) is 0 Å². The molecular formula is C22H22N4O2S. The maximum Gasteiger partial charge on any atom is 0.335 e. The molecule has 3 aromatic rings. The Morgan fingerprint density at radius 2 is 1.97 bits per heavy atom. The monoisotopic (exact) mass is 406 g/mol. The number of rotatable bonds is 4. The second-order valence-corrected chi connectivity index (χ2v) is 7.64. The van der Waals surface area contributed by atoms with Crippen molar-refractivity contribution in [2.45, 2.75) is 25.9 Å². The van der Waals surface area contributed by atoms with E-state index in [1.807, 2.05) is 38.2 Å². The number of aryl methyl sites for hydroxylation is 1. The van der Waals surface area contributed by atoms with Gasteiger partial charge in [-0.25, -0.2) is 4.79 Å². The number of pyridine rings is 1. The summed E-state index contributed by atoms with van der Waals surface area (Å²) in [6.45, 7) is 4.08. The van der Waals surface area contributed by atoms with Crippen molar-refractivity contribution in [3.05, 3.63) is 82.9 Å². The molecule has 0 unspecified atom stereocenters. The molecule has 2 N–H and O–H groups in total. The van der Waals surface area contributed by atoms with Crippen LogP contribution in [0, 0.1) is 13.8 Å². The van der Waals surface area contributed by atoms with Crippen LogP contribution in [0.15, 0.2) is 54.7 Å². The number of carbonyl (C=O) groups is 1. The van der Waals surface area contributed by atoms with Crippen LogP contribution in [0.4, 0.5) is 0 Å². The molecule has 7 heteroatoms. The van der Waals surface area contributed by atoms with E-state index in [1.54, 1.807) is 24.4 Å². The lowest BCUT2D eigenvalue weighted by Gasteiger charge is -2.24. The number of thiocarbonyl (C=S) groups is 1. The van der Waals surface area contributed by atoms with Crippen molar-refractivity contribution >= 4 is 23.3 Å². The van der Waals surface area contributed by atoms with E-state index in [9.17, 15) is 9.90 Å². The highest BCUT2D eigenvalue weighted by Crippen LogP contribution is 2.40. The molecule has 0 amide bonds. The summed E-state index contributed by atoms with van der Waals surface area (Å²) in [5.74, 6) is -0.935. The van der Waals surface area contributed by atoms with Gasteiger partial charge in [-0.05, 0) is 68.0 Å². The summed E-state index contributed by atoms with van der Waals surface area (Å²) in [6, 6.07) is 14.9. The van der Waals surface area contributed by atoms with Crippen LogP contribution in [-0.4, -0.2) is 37.7 Å². The SMILES string of the molecule is Cc1cc([C@@H]2[C@H](c3ccccn3)NC(=S)N2C)c(C)n1-c1cccc(C(=O)O)c1. The van der Waals surface area contributed by atoms with Crippen molar-refractivity contribution in [3.8, 4) is 5.69 Å². The van der Waals surface area contributed by atoms with Crippen LogP contribution < -0.4 is 5.32 Å². The van der Waals surface area contributed by atoms with E-state index in [4.69, 9.17) is 12.2 Å². The minimum atomic E-state index is -0.935. The fraction of sp³-hybridized carbons (Fsp3) is 0.227. The van der Waals surface area contributed by atoms with E-state index in [1.165, 1.54) is 0 Å². The van der Waals surface area contributed by atoms with Crippen LogP contribution >= 0.6 is 12.2 Å². The zero-order valence-corrected chi connectivity index (χ0v) is 17.3. The number of benzene rings is 1. The maximum absolute atomic E-state index is 11.4. The molecule has 29 heavy (non-hydrogen) atoms. The molecule has 1 fully saturated rings. The van der Waals surface area contributed by atoms with Crippen molar-refractivity contribution in [1.29, 1.82) is 0 Å². The number of nitrogens with one attached hydrogen (secondary N) is 1. The number of nitrogens with zero attached hydrogens (tertiary/aromatic N) is 3. The molecule has 1 aliphatic heterocycles. The topological polar surface area (TPSA) is 70.4 Å². The molecular weight excluding hydrogens is 384 g/mol. The van der Waals surface area contributed by atoms with Crippen LogP contribution in [0.1, 0.15) is 45.1 Å². The minimum Gasteiger partial charge on any atom is -0.478 e. The summed E-state index contributed by atoms with van der Waals surface area (Å²) in [5, 5.41) is 13.4. The smallest absolute Gasteiger partial charge is 0.335 e. The Bertz CT molecular complexity index is 1090. The Balaban J connectivity index is 1.81. The zero-order chi connectivity index (χ0) is 20.7. The fourth-order valence-corrected chi connectivity index (χ4v) is 4.35. The van der Waals surface area contributed by atoms with E-state index >= 15 is 0 Å². The molecule has 0 spiro atoms. The molecule has 1 aliphatic rings. The van der Waals surface area contributed by atoms with E-state index in [-0.39, 0.29) is 17.6 Å². The molecule has 0 saturated carbocycles. The van der Waals surface area contributed by atoms with E-state index in [2.05, 4.69) is 32.8 Å². The van der Waals surface area contributed by atoms with Gasteiger partial charge in [-0.2, -0.15) is 0 Å². The molecule has 0 aliphatic carbocycles. The van der Waals surface area contributed by atoms with Gasteiger partial charge in [0.05, 0.1) is 23.3 Å². The third-order valence-electron chi connectivity index (χ3n) is 5.48. The van der Waals surface area contributed by atoms with Crippen molar-refractivity contribution in [1.82, 2.24) is 19.8 Å². The quantitative estimate of drug-likeness (QED) is 0.643. The predicted octanol–water partition coefficient (Wildman–Crippen LogP) is 3.79. The van der Waals surface area contributed by atoms with Gasteiger partial charge in [-0.15, -0.1) is 0 Å². The van der Waals surface area contributed by atoms with Crippen molar-refractivity contribution in [2.75, 3.05) is 7.05 Å². The van der Waals surface area contributed by atoms with Crippen molar-refractivity contribution < 1.29 is 9.90 Å². The molecule has 2 aromatic heterocycles. The zero-order valence-electron chi connectivity index (χ0n) is 16.5.